The second-order valence-electron chi connectivity index (χ2n) is 5.64. The predicted molar refractivity (Wildman–Crippen MR) is 85.2 cm³/mol. The molecule has 0 aliphatic carbocycles. The van der Waals surface area contributed by atoms with Crippen molar-refractivity contribution in [2.45, 2.75) is 6.43 Å². The molecular formula is C15H19F2N5O2. The predicted octanol–water partition coefficient (Wildman–Crippen LogP) is 1.64. The van der Waals surface area contributed by atoms with E-state index in [1.165, 1.54) is 0 Å². The van der Waals surface area contributed by atoms with E-state index in [4.69, 9.17) is 5.11 Å². The third-order valence-electron chi connectivity index (χ3n) is 4.03. The van der Waals surface area contributed by atoms with E-state index in [1.54, 1.807) is 23.1 Å². The summed E-state index contributed by atoms with van der Waals surface area (Å²) in [6.45, 7) is 3.30. The van der Waals surface area contributed by atoms with Crippen molar-refractivity contribution in [1.82, 2.24) is 19.8 Å². The fraction of sp³-hybridized carbons (Fsp3) is 0.467. The number of aromatic amines is 1. The van der Waals surface area contributed by atoms with Gasteiger partial charge in [-0.25, -0.2) is 18.6 Å². The van der Waals surface area contributed by atoms with Crippen molar-refractivity contribution >= 4 is 22.8 Å². The zero-order valence-electron chi connectivity index (χ0n) is 13.0. The monoisotopic (exact) mass is 339 g/mol. The van der Waals surface area contributed by atoms with E-state index >= 15 is 0 Å². The van der Waals surface area contributed by atoms with E-state index in [0.29, 0.717) is 49.4 Å². The molecule has 1 aromatic carbocycles. The number of anilines is 1. The van der Waals surface area contributed by atoms with Crippen LogP contribution in [0.25, 0.3) is 11.0 Å². The molecule has 1 aliphatic rings. The Kier molecular flexibility index (Phi) is 4.91. The summed E-state index contributed by atoms with van der Waals surface area (Å²) in [5.74, 6) is -0.381. The minimum absolute atomic E-state index is 0.108. The number of hydrogen-bond acceptors (Lipinski definition) is 4. The minimum Gasteiger partial charge on any atom is -0.395 e. The number of rotatable bonds is 4. The van der Waals surface area contributed by atoms with E-state index in [9.17, 15) is 13.6 Å². The summed E-state index contributed by atoms with van der Waals surface area (Å²) in [7, 11) is 0. The van der Waals surface area contributed by atoms with Crippen molar-refractivity contribution in [1.29, 1.82) is 0 Å². The number of nitrogens with one attached hydrogen (secondary N) is 2. The Labute approximate surface area is 137 Å². The molecule has 3 rings (SSSR count). The van der Waals surface area contributed by atoms with E-state index < -0.39 is 6.43 Å². The lowest BCUT2D eigenvalue weighted by molar-refractivity contribution is 0.127. The average Bonchev–Trinajstić information content (AvgIpc) is 2.99. The molecule has 24 heavy (non-hydrogen) atoms. The van der Waals surface area contributed by atoms with Crippen LogP contribution < -0.4 is 5.32 Å². The number of urea groups is 1. The Morgan fingerprint density at radius 2 is 2.08 bits per heavy atom. The molecule has 3 N–H and O–H groups in total. The summed E-state index contributed by atoms with van der Waals surface area (Å²) in [6.07, 6.45) is -2.66. The zero-order valence-corrected chi connectivity index (χ0v) is 13.0. The van der Waals surface area contributed by atoms with Gasteiger partial charge >= 0.3 is 6.03 Å². The fourth-order valence-corrected chi connectivity index (χ4v) is 2.73. The number of amides is 2. The van der Waals surface area contributed by atoms with Crippen LogP contribution in [0.3, 0.4) is 0 Å². The molecule has 9 heteroatoms. The van der Waals surface area contributed by atoms with E-state index in [-0.39, 0.29) is 18.5 Å². The first-order chi connectivity index (χ1) is 11.6. The van der Waals surface area contributed by atoms with Gasteiger partial charge in [-0.1, -0.05) is 0 Å². The molecule has 2 amide bonds. The smallest absolute Gasteiger partial charge is 0.321 e. The Hall–Kier alpha value is -2.26. The van der Waals surface area contributed by atoms with Gasteiger partial charge in [-0.2, -0.15) is 0 Å². The van der Waals surface area contributed by atoms with Crippen LogP contribution in [0.15, 0.2) is 18.2 Å². The summed E-state index contributed by atoms with van der Waals surface area (Å²) in [5.41, 5.74) is 1.41. The van der Waals surface area contributed by atoms with Crippen LogP contribution in [0.4, 0.5) is 19.3 Å². The Balaban J connectivity index is 1.63. The molecule has 1 saturated heterocycles. The molecule has 0 unspecified atom stereocenters. The fourth-order valence-electron chi connectivity index (χ4n) is 2.73. The number of piperazine rings is 1. The SMILES string of the molecule is O=C(Nc1ccc2nc(C(F)F)[nH]c2c1)N1CCN(CCO)CC1. The summed E-state index contributed by atoms with van der Waals surface area (Å²) in [5, 5.41) is 11.7. The molecular weight excluding hydrogens is 320 g/mol. The summed E-state index contributed by atoms with van der Waals surface area (Å²) in [4.78, 5) is 22.4. The lowest BCUT2D eigenvalue weighted by Crippen LogP contribution is -2.50. The molecule has 0 saturated carbocycles. The summed E-state index contributed by atoms with van der Waals surface area (Å²) < 4.78 is 25.3. The topological polar surface area (TPSA) is 84.5 Å². The number of carbonyl (C=O) groups excluding carboxylic acids is 1. The normalized spacial score (nSPS) is 16.1. The van der Waals surface area contributed by atoms with Crippen LogP contribution in [-0.4, -0.2) is 70.2 Å². The maximum absolute atomic E-state index is 12.7. The molecule has 7 nitrogen and oxygen atoms in total. The molecule has 2 aromatic rings. The van der Waals surface area contributed by atoms with Gasteiger partial charge in [0.1, 0.15) is 0 Å². The molecule has 0 atom stereocenters. The van der Waals surface area contributed by atoms with Gasteiger partial charge in [0.25, 0.3) is 6.43 Å². The first kappa shape index (κ1) is 16.6. The second kappa shape index (κ2) is 7.10. The van der Waals surface area contributed by atoms with Crippen molar-refractivity contribution in [3.05, 3.63) is 24.0 Å². The number of fused-ring (bicyclic) bond motifs is 1. The van der Waals surface area contributed by atoms with Crippen molar-refractivity contribution in [2.24, 2.45) is 0 Å². The zero-order chi connectivity index (χ0) is 17.1. The van der Waals surface area contributed by atoms with Gasteiger partial charge in [-0.05, 0) is 18.2 Å². The molecule has 130 valence electrons. The number of aliphatic hydroxyl groups is 1. The number of carbonyl (C=O) groups is 1. The molecule has 0 bridgehead atoms. The molecule has 2 heterocycles. The van der Waals surface area contributed by atoms with Crippen LogP contribution in [0.1, 0.15) is 12.2 Å². The number of β-amino-alcohol motifs (C(OH)–C–C–N with tert-alkyl or cyclic N) is 1. The highest BCUT2D eigenvalue weighted by Gasteiger charge is 2.21. The van der Waals surface area contributed by atoms with Crippen LogP contribution in [0, 0.1) is 0 Å². The summed E-state index contributed by atoms with van der Waals surface area (Å²) >= 11 is 0. The number of imidazole rings is 1. The third kappa shape index (κ3) is 3.62. The maximum Gasteiger partial charge on any atom is 0.321 e. The highest BCUT2D eigenvalue weighted by atomic mass is 19.3. The number of halogens is 2. The van der Waals surface area contributed by atoms with Gasteiger partial charge in [0.15, 0.2) is 5.82 Å². The summed E-state index contributed by atoms with van der Waals surface area (Å²) in [6, 6.07) is 4.59. The quantitative estimate of drug-likeness (QED) is 0.791. The van der Waals surface area contributed by atoms with Gasteiger partial charge in [-0.15, -0.1) is 0 Å². The first-order valence-corrected chi connectivity index (χ1v) is 7.74. The third-order valence-corrected chi connectivity index (χ3v) is 4.03. The lowest BCUT2D eigenvalue weighted by atomic mass is 10.2. The molecule has 0 spiro atoms. The number of hydrogen-bond donors (Lipinski definition) is 3. The Morgan fingerprint density at radius 3 is 2.75 bits per heavy atom. The average molecular weight is 339 g/mol. The minimum atomic E-state index is -2.66. The number of H-pyrrole nitrogens is 1. The van der Waals surface area contributed by atoms with Gasteiger partial charge < -0.3 is 20.3 Å². The van der Waals surface area contributed by atoms with Gasteiger partial charge in [-0.3, -0.25) is 4.90 Å². The first-order valence-electron chi connectivity index (χ1n) is 7.74. The standard InChI is InChI=1S/C15H19F2N5O2/c16-13(17)14-19-11-2-1-10(9-12(11)20-14)18-15(24)22-5-3-21(4-6-22)7-8-23/h1-2,9,13,23H,3-8H2,(H,18,24)(H,19,20). The van der Waals surface area contributed by atoms with E-state index in [0.717, 1.165) is 0 Å². The van der Waals surface area contributed by atoms with Crippen molar-refractivity contribution < 1.29 is 18.7 Å². The van der Waals surface area contributed by atoms with E-state index in [2.05, 4.69) is 20.2 Å². The Morgan fingerprint density at radius 1 is 1.33 bits per heavy atom. The van der Waals surface area contributed by atoms with E-state index in [1.807, 2.05) is 0 Å². The van der Waals surface area contributed by atoms with Crippen molar-refractivity contribution in [3.8, 4) is 0 Å². The highest BCUT2D eigenvalue weighted by Crippen LogP contribution is 2.22. The number of alkyl halides is 2. The number of aromatic nitrogens is 2. The number of benzene rings is 1. The lowest BCUT2D eigenvalue weighted by Gasteiger charge is -2.34. The highest BCUT2D eigenvalue weighted by molar-refractivity contribution is 5.92. The second-order valence-corrected chi connectivity index (χ2v) is 5.64. The molecule has 1 fully saturated rings. The number of nitrogens with zero attached hydrogens (tertiary/aromatic N) is 3. The molecule has 1 aliphatic heterocycles. The van der Waals surface area contributed by atoms with Crippen LogP contribution >= 0.6 is 0 Å². The van der Waals surface area contributed by atoms with Crippen LogP contribution in [-0.2, 0) is 0 Å². The molecule has 1 aromatic heterocycles. The van der Waals surface area contributed by atoms with Gasteiger partial charge in [0.2, 0.25) is 0 Å². The largest absolute Gasteiger partial charge is 0.395 e. The van der Waals surface area contributed by atoms with Crippen LogP contribution in [0.2, 0.25) is 0 Å². The van der Waals surface area contributed by atoms with Crippen LogP contribution in [0.5, 0.6) is 0 Å². The maximum atomic E-state index is 12.7. The van der Waals surface area contributed by atoms with Crippen molar-refractivity contribution in [3.63, 3.8) is 0 Å². The van der Waals surface area contributed by atoms with Crippen molar-refractivity contribution in [2.75, 3.05) is 44.6 Å². The Bertz CT molecular complexity index is 713. The molecule has 0 radical (unpaired) electrons. The van der Waals surface area contributed by atoms with Gasteiger partial charge in [0.05, 0.1) is 17.6 Å². The van der Waals surface area contributed by atoms with Gasteiger partial charge in [0, 0.05) is 38.4 Å². The number of aliphatic hydroxyl groups excluding tert-OH is 1.